The monoisotopic (exact) mass is 459 g/mol. The summed E-state index contributed by atoms with van der Waals surface area (Å²) in [6, 6.07) is 4.10. The lowest BCUT2D eigenvalue weighted by Crippen LogP contribution is -2.55. The molecule has 2 fully saturated rings. The van der Waals surface area contributed by atoms with E-state index in [-0.39, 0.29) is 44.2 Å². The highest BCUT2D eigenvalue weighted by atomic mass is 32.2. The quantitative estimate of drug-likeness (QED) is 0.635. The van der Waals surface area contributed by atoms with Crippen molar-refractivity contribution >= 4 is 20.2 Å². The van der Waals surface area contributed by atoms with Crippen molar-refractivity contribution in [2.24, 2.45) is 0 Å². The Morgan fingerprint density at radius 3 is 2.00 bits per heavy atom. The van der Waals surface area contributed by atoms with Gasteiger partial charge < -0.3 is 9.47 Å². The van der Waals surface area contributed by atoms with Gasteiger partial charge in [0.05, 0.1) is 18.1 Å². The Morgan fingerprint density at radius 2 is 1.41 bits per heavy atom. The van der Waals surface area contributed by atoms with E-state index in [0.29, 0.717) is 13.2 Å². The second kappa shape index (κ2) is 8.35. The number of ether oxygens (including phenoxy) is 2. The van der Waals surface area contributed by atoms with Crippen LogP contribution < -0.4 is 4.74 Å². The number of rotatable bonds is 5. The average molecular weight is 459 g/mol. The number of halogens is 3. The molecule has 0 aromatic heterocycles. The minimum Gasteiger partial charge on any atom is -0.406 e. The minimum absolute atomic E-state index is 0.0579. The molecular weight excluding hydrogens is 439 g/mol. The fourth-order valence-corrected chi connectivity index (χ4v) is 6.08. The van der Waals surface area contributed by atoms with Gasteiger partial charge in [0.25, 0.3) is 10.2 Å². The van der Waals surface area contributed by atoms with Crippen molar-refractivity contribution in [3.8, 4) is 5.75 Å². The summed E-state index contributed by atoms with van der Waals surface area (Å²) < 4.78 is 100. The molecule has 0 amide bonds. The molecule has 2 aliphatic heterocycles. The standard InChI is InChI=1S/C15H20F3N3O6S2/c16-15(17,18)27-13-2-1-3-14(12-13)28(22,23)19-4-6-20(7-5-19)29(24,25)21-8-10-26-11-9-21/h1-3,12H,4-11H2. The number of benzene rings is 1. The number of nitrogens with zero attached hydrogens (tertiary/aromatic N) is 3. The number of hydrogen-bond donors (Lipinski definition) is 0. The van der Waals surface area contributed by atoms with Gasteiger partial charge in [-0.05, 0) is 12.1 Å². The van der Waals surface area contributed by atoms with Gasteiger partial charge in [-0.3, -0.25) is 0 Å². The number of sulfonamides is 1. The first kappa shape index (κ1) is 22.2. The third kappa shape index (κ3) is 5.19. The van der Waals surface area contributed by atoms with E-state index in [1.807, 2.05) is 0 Å². The summed E-state index contributed by atoms with van der Waals surface area (Å²) in [5, 5.41) is 0. The second-order valence-electron chi connectivity index (χ2n) is 6.34. The van der Waals surface area contributed by atoms with Crippen molar-refractivity contribution in [3.63, 3.8) is 0 Å². The Morgan fingerprint density at radius 1 is 0.862 bits per heavy atom. The fourth-order valence-electron chi connectivity index (χ4n) is 3.06. The molecule has 2 aliphatic rings. The van der Waals surface area contributed by atoms with Crippen LogP contribution in [0.1, 0.15) is 0 Å². The summed E-state index contributed by atoms with van der Waals surface area (Å²) in [5.74, 6) is -0.646. The lowest BCUT2D eigenvalue weighted by Gasteiger charge is -2.37. The van der Waals surface area contributed by atoms with Gasteiger partial charge in [0, 0.05) is 45.3 Å². The predicted molar refractivity (Wildman–Crippen MR) is 94.8 cm³/mol. The van der Waals surface area contributed by atoms with E-state index >= 15 is 0 Å². The van der Waals surface area contributed by atoms with Crippen molar-refractivity contribution in [3.05, 3.63) is 24.3 Å². The van der Waals surface area contributed by atoms with Crippen LogP contribution in [0.5, 0.6) is 5.75 Å². The number of morpholine rings is 1. The summed E-state index contributed by atoms with van der Waals surface area (Å²) in [4.78, 5) is -0.358. The molecule has 0 radical (unpaired) electrons. The lowest BCUT2D eigenvalue weighted by molar-refractivity contribution is -0.274. The molecule has 0 bridgehead atoms. The Kier molecular flexibility index (Phi) is 6.41. The highest BCUT2D eigenvalue weighted by molar-refractivity contribution is 7.89. The molecule has 0 N–H and O–H groups in total. The Bertz CT molecular complexity index is 925. The molecule has 0 saturated carbocycles. The van der Waals surface area contributed by atoms with E-state index in [9.17, 15) is 30.0 Å². The van der Waals surface area contributed by atoms with Crippen LogP contribution in [0.25, 0.3) is 0 Å². The van der Waals surface area contributed by atoms with Gasteiger partial charge in [-0.25, -0.2) is 8.42 Å². The molecule has 0 aliphatic carbocycles. The van der Waals surface area contributed by atoms with Crippen molar-refractivity contribution in [1.29, 1.82) is 0 Å². The van der Waals surface area contributed by atoms with Crippen molar-refractivity contribution in [2.45, 2.75) is 11.3 Å². The highest BCUT2D eigenvalue weighted by Crippen LogP contribution is 2.27. The van der Waals surface area contributed by atoms with Crippen LogP contribution in [0.15, 0.2) is 29.2 Å². The SMILES string of the molecule is O=S(=O)(c1cccc(OC(F)(F)F)c1)N1CCN(S(=O)(=O)N2CCOCC2)CC1. The molecule has 0 unspecified atom stereocenters. The van der Waals surface area contributed by atoms with Crippen LogP contribution in [-0.2, 0) is 25.0 Å². The molecule has 0 atom stereocenters. The molecule has 1 aromatic carbocycles. The first-order chi connectivity index (χ1) is 13.5. The Balaban J connectivity index is 1.69. The maximum absolute atomic E-state index is 12.8. The second-order valence-corrected chi connectivity index (χ2v) is 10.2. The van der Waals surface area contributed by atoms with Crippen LogP contribution in [0.4, 0.5) is 13.2 Å². The molecule has 14 heteroatoms. The summed E-state index contributed by atoms with van der Waals surface area (Å²) in [7, 11) is -7.83. The van der Waals surface area contributed by atoms with Crippen molar-refractivity contribution in [1.82, 2.24) is 12.9 Å². The smallest absolute Gasteiger partial charge is 0.406 e. The van der Waals surface area contributed by atoms with Gasteiger partial charge in [-0.1, -0.05) is 6.07 Å². The van der Waals surface area contributed by atoms with E-state index in [1.54, 1.807) is 0 Å². The summed E-state index contributed by atoms with van der Waals surface area (Å²) in [6.45, 7) is 0.704. The zero-order valence-corrected chi connectivity index (χ0v) is 16.8. The third-order valence-corrected chi connectivity index (χ3v) is 8.43. The number of alkyl halides is 3. The first-order valence-electron chi connectivity index (χ1n) is 8.69. The molecule has 1 aromatic rings. The maximum atomic E-state index is 12.8. The molecule has 2 saturated heterocycles. The third-order valence-electron chi connectivity index (χ3n) is 4.50. The molecule has 9 nitrogen and oxygen atoms in total. The highest BCUT2D eigenvalue weighted by Gasteiger charge is 2.37. The Labute approximate surface area is 166 Å². The molecule has 3 rings (SSSR count). The van der Waals surface area contributed by atoms with Crippen LogP contribution in [0, 0.1) is 0 Å². The average Bonchev–Trinajstić information content (AvgIpc) is 2.67. The van der Waals surface area contributed by atoms with Gasteiger partial charge in [0.15, 0.2) is 0 Å². The Hall–Kier alpha value is -1.45. The lowest BCUT2D eigenvalue weighted by atomic mass is 10.3. The molecule has 0 spiro atoms. The van der Waals surface area contributed by atoms with Crippen LogP contribution in [0.3, 0.4) is 0 Å². The molecule has 164 valence electrons. The normalized spacial score (nSPS) is 21.2. The van der Waals surface area contributed by atoms with E-state index < -0.39 is 32.3 Å². The molecular formula is C15H20F3N3O6S2. The maximum Gasteiger partial charge on any atom is 0.573 e. The van der Waals surface area contributed by atoms with Crippen LogP contribution in [0.2, 0.25) is 0 Å². The number of piperazine rings is 1. The predicted octanol–water partition coefficient (Wildman–Crippen LogP) is 0.469. The first-order valence-corrected chi connectivity index (χ1v) is 11.5. The molecule has 29 heavy (non-hydrogen) atoms. The van der Waals surface area contributed by atoms with E-state index in [2.05, 4.69) is 4.74 Å². The largest absolute Gasteiger partial charge is 0.573 e. The van der Waals surface area contributed by atoms with Gasteiger partial charge in [-0.15, -0.1) is 13.2 Å². The zero-order chi connectivity index (χ0) is 21.3. The van der Waals surface area contributed by atoms with Crippen molar-refractivity contribution < 1.29 is 39.5 Å². The molecule has 2 heterocycles. The van der Waals surface area contributed by atoms with Gasteiger partial charge >= 0.3 is 6.36 Å². The van der Waals surface area contributed by atoms with E-state index in [4.69, 9.17) is 4.74 Å². The number of hydrogen-bond acceptors (Lipinski definition) is 6. The van der Waals surface area contributed by atoms with Gasteiger partial charge in [0.1, 0.15) is 5.75 Å². The van der Waals surface area contributed by atoms with Crippen molar-refractivity contribution in [2.75, 3.05) is 52.5 Å². The summed E-state index contributed by atoms with van der Waals surface area (Å²) in [5.41, 5.74) is 0. The van der Waals surface area contributed by atoms with E-state index in [1.165, 1.54) is 8.61 Å². The van der Waals surface area contributed by atoms with Crippen LogP contribution in [-0.4, -0.2) is 88.6 Å². The van der Waals surface area contributed by atoms with Gasteiger partial charge in [-0.2, -0.15) is 21.3 Å². The fraction of sp³-hybridized carbons (Fsp3) is 0.600. The van der Waals surface area contributed by atoms with Gasteiger partial charge in [0.2, 0.25) is 10.0 Å². The minimum atomic E-state index is -4.94. The summed E-state index contributed by atoms with van der Waals surface area (Å²) in [6.07, 6.45) is -4.94. The van der Waals surface area contributed by atoms with Crippen LogP contribution >= 0.6 is 0 Å². The topological polar surface area (TPSA) is 96.5 Å². The van der Waals surface area contributed by atoms with E-state index in [0.717, 1.165) is 28.6 Å². The zero-order valence-electron chi connectivity index (χ0n) is 15.2. The summed E-state index contributed by atoms with van der Waals surface area (Å²) >= 11 is 0.